The number of amides is 2. The molecule has 11 heteroatoms. The van der Waals surface area contributed by atoms with Crippen LogP contribution >= 0.6 is 11.8 Å². The molecule has 0 aliphatic carbocycles. The number of hydrogen-bond acceptors (Lipinski definition) is 6. The normalized spacial score (nSPS) is 21.1. The van der Waals surface area contributed by atoms with Crippen LogP contribution in [0.5, 0.6) is 0 Å². The molecule has 7 nitrogen and oxygen atoms in total. The lowest BCUT2D eigenvalue weighted by Gasteiger charge is -2.49. The standard InChI is InChI=1S/C19H19F3N2O5S/c1-10(25)29-8-12-9-30-18-15(28-2)17(27)24(18)14(12)16(26)23-7-11-4-3-5-13(6-11)19(20,21)22/h3-6,15,18H,7-9H2,1-2H3,(H,23,26)/t15-,18+/m0/s1. The van der Waals surface area contributed by atoms with Crippen LogP contribution in [0.3, 0.4) is 0 Å². The molecule has 3 rings (SSSR count). The third kappa shape index (κ3) is 4.46. The SMILES string of the molecule is CO[C@H]1C(=O)N2C(C(=O)NCc3cccc(C(F)(F)F)c3)=C(COC(C)=O)CS[C@H]12. The summed E-state index contributed by atoms with van der Waals surface area (Å²) in [6.07, 6.45) is -5.18. The molecule has 2 aliphatic heterocycles. The Labute approximate surface area is 174 Å². The molecule has 2 atom stereocenters. The monoisotopic (exact) mass is 444 g/mol. The summed E-state index contributed by atoms with van der Waals surface area (Å²) >= 11 is 1.38. The van der Waals surface area contributed by atoms with Crippen molar-refractivity contribution in [1.29, 1.82) is 0 Å². The van der Waals surface area contributed by atoms with Gasteiger partial charge >= 0.3 is 12.1 Å². The summed E-state index contributed by atoms with van der Waals surface area (Å²) in [6, 6.07) is 4.60. The van der Waals surface area contributed by atoms with Gasteiger partial charge in [0.2, 0.25) is 0 Å². The van der Waals surface area contributed by atoms with E-state index in [1.807, 2.05) is 0 Å². The number of carbonyl (C=O) groups excluding carboxylic acids is 3. The number of benzene rings is 1. The number of rotatable bonds is 6. The van der Waals surface area contributed by atoms with Crippen molar-refractivity contribution in [1.82, 2.24) is 10.2 Å². The van der Waals surface area contributed by atoms with Crippen LogP contribution in [0.4, 0.5) is 13.2 Å². The summed E-state index contributed by atoms with van der Waals surface area (Å²) in [5, 5.41) is 2.16. The van der Waals surface area contributed by atoms with Crippen molar-refractivity contribution in [2.24, 2.45) is 0 Å². The Hall–Kier alpha value is -2.53. The summed E-state index contributed by atoms with van der Waals surface area (Å²) < 4.78 is 48.8. The number of methoxy groups -OCH3 is 1. The maximum atomic E-state index is 12.9. The van der Waals surface area contributed by atoms with Crippen LogP contribution in [0.1, 0.15) is 18.1 Å². The number of thioether (sulfide) groups is 1. The average Bonchev–Trinajstić information content (AvgIpc) is 2.69. The Morgan fingerprint density at radius 2 is 2.07 bits per heavy atom. The van der Waals surface area contributed by atoms with Gasteiger partial charge in [-0.3, -0.25) is 19.3 Å². The minimum absolute atomic E-state index is 0.0466. The summed E-state index contributed by atoms with van der Waals surface area (Å²) in [5.41, 5.74) is -0.0769. The van der Waals surface area contributed by atoms with Gasteiger partial charge in [-0.05, 0) is 17.7 Å². The topological polar surface area (TPSA) is 84.9 Å². The van der Waals surface area contributed by atoms with Crippen LogP contribution < -0.4 is 5.32 Å². The molecular formula is C19H19F3N2O5S. The fourth-order valence-corrected chi connectivity index (χ4v) is 4.52. The van der Waals surface area contributed by atoms with E-state index >= 15 is 0 Å². The predicted molar refractivity (Wildman–Crippen MR) is 101 cm³/mol. The zero-order valence-electron chi connectivity index (χ0n) is 16.1. The van der Waals surface area contributed by atoms with E-state index in [9.17, 15) is 27.6 Å². The maximum absolute atomic E-state index is 12.9. The maximum Gasteiger partial charge on any atom is 0.416 e. The second-order valence-electron chi connectivity index (χ2n) is 6.68. The van der Waals surface area contributed by atoms with Gasteiger partial charge in [0.05, 0.1) is 5.56 Å². The molecular weight excluding hydrogens is 425 g/mol. The fourth-order valence-electron chi connectivity index (χ4n) is 3.17. The highest BCUT2D eigenvalue weighted by molar-refractivity contribution is 8.00. The third-order valence-corrected chi connectivity index (χ3v) is 5.94. The molecule has 2 heterocycles. The van der Waals surface area contributed by atoms with Gasteiger partial charge in [-0.1, -0.05) is 12.1 Å². The molecule has 0 aromatic heterocycles. The van der Waals surface area contributed by atoms with Crippen molar-refractivity contribution < 1.29 is 37.0 Å². The number of esters is 1. The molecule has 1 fully saturated rings. The van der Waals surface area contributed by atoms with Crippen LogP contribution in [0.15, 0.2) is 35.5 Å². The quantitative estimate of drug-likeness (QED) is 0.534. The molecule has 30 heavy (non-hydrogen) atoms. The predicted octanol–water partition coefficient (Wildman–Crippen LogP) is 2.07. The van der Waals surface area contributed by atoms with E-state index in [2.05, 4.69) is 5.32 Å². The number of hydrogen-bond donors (Lipinski definition) is 1. The van der Waals surface area contributed by atoms with Crippen molar-refractivity contribution in [2.75, 3.05) is 19.5 Å². The number of ether oxygens (including phenoxy) is 2. The lowest BCUT2D eigenvalue weighted by atomic mass is 10.0. The van der Waals surface area contributed by atoms with E-state index in [1.165, 1.54) is 42.8 Å². The Balaban J connectivity index is 1.79. The van der Waals surface area contributed by atoms with E-state index in [-0.39, 0.29) is 24.4 Å². The van der Waals surface area contributed by atoms with Crippen LogP contribution in [0.2, 0.25) is 0 Å². The molecule has 0 radical (unpaired) electrons. The molecule has 0 bridgehead atoms. The van der Waals surface area contributed by atoms with Gasteiger partial charge in [-0.25, -0.2) is 0 Å². The summed E-state index contributed by atoms with van der Waals surface area (Å²) in [7, 11) is 1.39. The van der Waals surface area contributed by atoms with E-state index in [0.29, 0.717) is 11.3 Å². The van der Waals surface area contributed by atoms with E-state index in [0.717, 1.165) is 12.1 Å². The molecule has 1 aromatic carbocycles. The zero-order chi connectivity index (χ0) is 22.1. The molecule has 2 amide bonds. The molecule has 0 unspecified atom stereocenters. The number of alkyl halides is 3. The van der Waals surface area contributed by atoms with Gasteiger partial charge in [0.1, 0.15) is 17.7 Å². The molecule has 2 aliphatic rings. The number of carbonyl (C=O) groups is 3. The first-order chi connectivity index (χ1) is 14.1. The smallest absolute Gasteiger partial charge is 0.416 e. The first-order valence-electron chi connectivity index (χ1n) is 8.90. The van der Waals surface area contributed by atoms with Crippen molar-refractivity contribution in [3.05, 3.63) is 46.7 Å². The molecule has 0 saturated carbocycles. The zero-order valence-corrected chi connectivity index (χ0v) is 16.9. The second-order valence-corrected chi connectivity index (χ2v) is 7.78. The van der Waals surface area contributed by atoms with Gasteiger partial charge < -0.3 is 14.8 Å². The van der Waals surface area contributed by atoms with E-state index in [4.69, 9.17) is 9.47 Å². The summed E-state index contributed by atoms with van der Waals surface area (Å²) in [5.74, 6) is -1.24. The highest BCUT2D eigenvalue weighted by Crippen LogP contribution is 2.41. The minimum Gasteiger partial charge on any atom is -0.461 e. The van der Waals surface area contributed by atoms with Crippen LogP contribution in [0.25, 0.3) is 0 Å². The van der Waals surface area contributed by atoms with Gasteiger partial charge in [0.25, 0.3) is 11.8 Å². The number of nitrogens with one attached hydrogen (secondary N) is 1. The van der Waals surface area contributed by atoms with Crippen molar-refractivity contribution in [3.63, 3.8) is 0 Å². The third-order valence-electron chi connectivity index (χ3n) is 4.62. The molecule has 1 saturated heterocycles. The number of nitrogens with zero attached hydrogens (tertiary/aromatic N) is 1. The van der Waals surface area contributed by atoms with E-state index < -0.39 is 41.0 Å². The lowest BCUT2D eigenvalue weighted by Crippen LogP contribution is -2.66. The van der Waals surface area contributed by atoms with Gasteiger partial charge in [0, 0.05) is 31.9 Å². The summed E-state index contributed by atoms with van der Waals surface area (Å²) in [4.78, 5) is 37.7. The second kappa shape index (κ2) is 8.68. The van der Waals surface area contributed by atoms with Gasteiger partial charge in [-0.2, -0.15) is 13.2 Å². The number of β-lactam (4-membered cyclic amide) rings is 1. The summed E-state index contributed by atoms with van der Waals surface area (Å²) in [6.45, 7) is 0.895. The number of halogens is 3. The molecule has 1 N–H and O–H groups in total. The fraction of sp³-hybridized carbons (Fsp3) is 0.421. The molecule has 0 spiro atoms. The van der Waals surface area contributed by atoms with Crippen molar-refractivity contribution >= 4 is 29.5 Å². The molecule has 162 valence electrons. The highest BCUT2D eigenvalue weighted by Gasteiger charge is 2.53. The van der Waals surface area contributed by atoms with Gasteiger partial charge in [0.15, 0.2) is 6.10 Å². The van der Waals surface area contributed by atoms with E-state index in [1.54, 1.807) is 0 Å². The van der Waals surface area contributed by atoms with Crippen LogP contribution in [-0.2, 0) is 36.6 Å². The van der Waals surface area contributed by atoms with Crippen LogP contribution in [-0.4, -0.2) is 53.6 Å². The lowest BCUT2D eigenvalue weighted by molar-refractivity contribution is -0.160. The first-order valence-corrected chi connectivity index (χ1v) is 9.95. The van der Waals surface area contributed by atoms with Crippen molar-refractivity contribution in [2.45, 2.75) is 31.1 Å². The van der Waals surface area contributed by atoms with Crippen molar-refractivity contribution in [3.8, 4) is 0 Å². The Morgan fingerprint density at radius 3 is 2.70 bits per heavy atom. The minimum atomic E-state index is -4.49. The van der Waals surface area contributed by atoms with Crippen LogP contribution in [0, 0.1) is 0 Å². The first kappa shape index (κ1) is 22.2. The van der Waals surface area contributed by atoms with Gasteiger partial charge in [-0.15, -0.1) is 11.8 Å². The average molecular weight is 444 g/mol. The Morgan fingerprint density at radius 1 is 1.33 bits per heavy atom. The number of fused-ring (bicyclic) bond motifs is 1. The Kier molecular flexibility index (Phi) is 6.41. The molecule has 1 aromatic rings. The largest absolute Gasteiger partial charge is 0.461 e. The highest BCUT2D eigenvalue weighted by atomic mass is 32.2. The Bertz CT molecular complexity index is 902.